The quantitative estimate of drug-likeness (QED) is 0.136. The Morgan fingerprint density at radius 2 is 1.90 bits per heavy atom. The van der Waals surface area contributed by atoms with Crippen molar-refractivity contribution in [2.45, 2.75) is 39.7 Å². The predicted octanol–water partition coefficient (Wildman–Crippen LogP) is 5.42. The number of rotatable bonds is 8. The number of nitrogens with zero attached hydrogens (tertiary/aromatic N) is 1. The van der Waals surface area contributed by atoms with Gasteiger partial charge >= 0.3 is 5.97 Å². The van der Waals surface area contributed by atoms with Crippen LogP contribution in [0.15, 0.2) is 47.8 Å². The Labute approximate surface area is 185 Å². The van der Waals surface area contributed by atoms with Crippen LogP contribution in [-0.2, 0) is 31.1 Å². The number of esters is 1. The Kier molecular flexibility index (Phi) is 8.35. The maximum Gasteiger partial charge on any atom is 0.341 e. The molecule has 0 spiro atoms. The van der Waals surface area contributed by atoms with Crippen molar-refractivity contribution in [3.63, 3.8) is 0 Å². The fraction of sp³-hybridized carbons (Fsp3) is 0.333. The predicted molar refractivity (Wildman–Crippen MR) is 125 cm³/mol. The van der Waals surface area contributed by atoms with Gasteiger partial charge in [-0.25, -0.2) is 9.18 Å². The van der Waals surface area contributed by atoms with Crippen molar-refractivity contribution in [1.82, 2.24) is 0 Å². The third-order valence-electron chi connectivity index (χ3n) is 4.84. The van der Waals surface area contributed by atoms with Crippen molar-refractivity contribution in [1.29, 1.82) is 0 Å². The van der Waals surface area contributed by atoms with Gasteiger partial charge in [-0.05, 0) is 38.8 Å². The molecule has 2 aromatic carbocycles. The highest BCUT2D eigenvalue weighted by atomic mass is 31.0. The lowest BCUT2D eigenvalue weighted by Gasteiger charge is -2.19. The van der Waals surface area contributed by atoms with Gasteiger partial charge in [-0.15, -0.1) is 0 Å². The number of hydrogen-bond donors (Lipinski definition) is 0. The molecular formula is C24H29FNO4P. The Balaban J connectivity index is 2.36. The second kappa shape index (κ2) is 10.5. The summed E-state index contributed by atoms with van der Waals surface area (Å²) in [6, 6.07) is 11.1. The van der Waals surface area contributed by atoms with Crippen LogP contribution in [0, 0.1) is 13.8 Å². The van der Waals surface area contributed by atoms with E-state index in [2.05, 4.69) is 14.4 Å². The zero-order chi connectivity index (χ0) is 23.2. The Hall–Kier alpha value is -2.72. The number of carbonyl (C=O) groups excluding carboxylic acids is 1. The maximum absolute atomic E-state index is 14.7. The molecule has 2 rings (SSSR count). The molecule has 5 nitrogen and oxygen atoms in total. The van der Waals surface area contributed by atoms with Crippen LogP contribution < -0.4 is 0 Å². The summed E-state index contributed by atoms with van der Waals surface area (Å²) in [5.41, 5.74) is 5.33. The van der Waals surface area contributed by atoms with E-state index in [4.69, 9.17) is 14.3 Å². The van der Waals surface area contributed by atoms with Crippen molar-refractivity contribution in [3.05, 3.63) is 76.0 Å². The number of benzene rings is 2. The first-order valence-electron chi connectivity index (χ1n) is 9.76. The van der Waals surface area contributed by atoms with Crippen molar-refractivity contribution in [2.75, 3.05) is 14.2 Å². The van der Waals surface area contributed by atoms with E-state index in [0.29, 0.717) is 22.4 Å². The van der Waals surface area contributed by atoms with Gasteiger partial charge in [0.05, 0.1) is 26.2 Å². The molecule has 0 saturated carbocycles. The van der Waals surface area contributed by atoms with Crippen LogP contribution >= 0.6 is 9.24 Å². The second-order valence-corrected chi connectivity index (χ2v) is 8.52. The van der Waals surface area contributed by atoms with Crippen LogP contribution in [0.5, 0.6) is 0 Å². The van der Waals surface area contributed by atoms with E-state index in [9.17, 15) is 9.18 Å². The Morgan fingerprint density at radius 3 is 2.52 bits per heavy atom. The molecule has 2 unspecified atom stereocenters. The van der Waals surface area contributed by atoms with Gasteiger partial charge in [0.2, 0.25) is 0 Å². The minimum Gasteiger partial charge on any atom is -0.503 e. The molecule has 0 amide bonds. The third-order valence-corrected chi connectivity index (χ3v) is 5.15. The lowest BCUT2D eigenvalue weighted by atomic mass is 9.97. The number of aryl methyl sites for hydroxylation is 2. The Bertz CT molecular complexity index is 1010. The molecule has 0 radical (unpaired) electrons. The fourth-order valence-electron chi connectivity index (χ4n) is 3.22. The van der Waals surface area contributed by atoms with Gasteiger partial charge in [-0.2, -0.15) is 0 Å². The minimum atomic E-state index is -1.60. The van der Waals surface area contributed by atoms with Crippen molar-refractivity contribution >= 4 is 26.5 Å². The standard InChI is InChI=1S/C24H29FNO4P/c1-15-10-11-18(22(12-15)24(4,25)31)17(3)26-30-14-20-16(2)8-7-9-19(20)21(13-28-5)23(27)29-6/h7-13H,14,31H2,1-6H3/b21-13+,26-17+. The fourth-order valence-corrected chi connectivity index (χ4v) is 3.46. The summed E-state index contributed by atoms with van der Waals surface area (Å²) < 4.78 is 24.6. The normalized spacial score (nSPS) is 14.1. The average molecular weight is 445 g/mol. The van der Waals surface area contributed by atoms with E-state index in [-0.39, 0.29) is 12.2 Å². The molecule has 166 valence electrons. The van der Waals surface area contributed by atoms with E-state index in [1.54, 1.807) is 19.1 Å². The molecule has 0 heterocycles. The largest absolute Gasteiger partial charge is 0.503 e. The highest BCUT2D eigenvalue weighted by Crippen LogP contribution is 2.35. The topological polar surface area (TPSA) is 57.1 Å². The van der Waals surface area contributed by atoms with Crippen LogP contribution in [0.4, 0.5) is 4.39 Å². The van der Waals surface area contributed by atoms with Gasteiger partial charge in [0.1, 0.15) is 17.6 Å². The van der Waals surface area contributed by atoms with Crippen LogP contribution in [0.3, 0.4) is 0 Å². The first-order valence-corrected chi connectivity index (χ1v) is 10.3. The van der Waals surface area contributed by atoms with E-state index in [1.165, 1.54) is 27.4 Å². The first kappa shape index (κ1) is 24.5. The number of ether oxygens (including phenoxy) is 2. The Morgan fingerprint density at radius 1 is 1.19 bits per heavy atom. The summed E-state index contributed by atoms with van der Waals surface area (Å²) in [5.74, 6) is -0.514. The summed E-state index contributed by atoms with van der Waals surface area (Å²) >= 11 is 0. The molecule has 0 saturated heterocycles. The minimum absolute atomic E-state index is 0.117. The second-order valence-electron chi connectivity index (χ2n) is 7.43. The van der Waals surface area contributed by atoms with Gasteiger partial charge < -0.3 is 14.3 Å². The molecule has 0 aliphatic carbocycles. The van der Waals surface area contributed by atoms with E-state index >= 15 is 0 Å². The van der Waals surface area contributed by atoms with E-state index < -0.39 is 11.4 Å². The van der Waals surface area contributed by atoms with Crippen molar-refractivity contribution in [2.24, 2.45) is 5.16 Å². The van der Waals surface area contributed by atoms with Gasteiger partial charge in [0, 0.05) is 16.7 Å². The summed E-state index contributed by atoms with van der Waals surface area (Å²) in [7, 11) is 5.00. The van der Waals surface area contributed by atoms with Gasteiger partial charge in [0.15, 0.2) is 0 Å². The lowest BCUT2D eigenvalue weighted by molar-refractivity contribution is -0.133. The summed E-state index contributed by atoms with van der Waals surface area (Å²) in [5, 5.41) is 2.62. The van der Waals surface area contributed by atoms with Crippen LogP contribution in [0.1, 0.15) is 47.2 Å². The van der Waals surface area contributed by atoms with E-state index in [0.717, 1.165) is 16.7 Å². The summed E-state index contributed by atoms with van der Waals surface area (Å²) in [6.45, 7) is 7.21. The van der Waals surface area contributed by atoms with Gasteiger partial charge in [-0.1, -0.05) is 56.4 Å². The maximum atomic E-state index is 14.7. The number of halogens is 1. The monoisotopic (exact) mass is 445 g/mol. The molecule has 0 aromatic heterocycles. The smallest absolute Gasteiger partial charge is 0.341 e. The molecule has 2 aromatic rings. The molecule has 0 aliphatic rings. The van der Waals surface area contributed by atoms with Crippen molar-refractivity contribution < 1.29 is 23.5 Å². The average Bonchev–Trinajstić information content (AvgIpc) is 2.72. The lowest BCUT2D eigenvalue weighted by Crippen LogP contribution is -2.12. The number of methoxy groups -OCH3 is 2. The van der Waals surface area contributed by atoms with E-state index in [1.807, 2.05) is 38.1 Å². The molecular weight excluding hydrogens is 416 g/mol. The zero-order valence-corrected chi connectivity index (χ0v) is 19.9. The third kappa shape index (κ3) is 6.14. The zero-order valence-electron chi connectivity index (χ0n) is 18.8. The number of oxime groups is 1. The SMILES string of the molecule is CO/C=C(/C(=O)OC)c1cccc(C)c1CO/N=C(\C)c1ccc(C)cc1C(C)(F)P. The van der Waals surface area contributed by atoms with Crippen LogP contribution in [0.25, 0.3) is 5.57 Å². The molecule has 0 N–H and O–H groups in total. The number of alkyl halides is 1. The van der Waals surface area contributed by atoms with Gasteiger partial charge in [-0.3, -0.25) is 0 Å². The van der Waals surface area contributed by atoms with Crippen LogP contribution in [-0.4, -0.2) is 25.9 Å². The molecule has 2 atom stereocenters. The summed E-state index contributed by atoms with van der Waals surface area (Å²) in [6.07, 6.45) is 1.35. The highest BCUT2D eigenvalue weighted by molar-refractivity contribution is 7.18. The van der Waals surface area contributed by atoms with Gasteiger partial charge in [0.25, 0.3) is 0 Å². The molecule has 7 heteroatoms. The molecule has 0 aliphatic heterocycles. The van der Waals surface area contributed by atoms with Crippen molar-refractivity contribution in [3.8, 4) is 0 Å². The summed E-state index contributed by atoms with van der Waals surface area (Å²) in [4.78, 5) is 17.9. The van der Waals surface area contributed by atoms with Crippen LogP contribution in [0.2, 0.25) is 0 Å². The number of hydrogen-bond acceptors (Lipinski definition) is 5. The molecule has 31 heavy (non-hydrogen) atoms. The molecule has 0 fully saturated rings. The molecule has 0 bridgehead atoms. The first-order chi connectivity index (χ1) is 14.6. The highest BCUT2D eigenvalue weighted by Gasteiger charge is 2.24. The number of carbonyl (C=O) groups is 1.